The molecule has 29 nitrogen and oxygen atoms in total. The number of aliphatic carboxylic acids is 2. The maximum absolute atomic E-state index is 14.4. The third-order valence-corrected chi connectivity index (χ3v) is 13.6. The van der Waals surface area contributed by atoms with Gasteiger partial charge in [0, 0.05) is 18.4 Å². The zero-order valence-corrected chi connectivity index (χ0v) is 47.7. The van der Waals surface area contributed by atoms with Crippen molar-refractivity contribution in [3.63, 3.8) is 0 Å². The van der Waals surface area contributed by atoms with Gasteiger partial charge in [-0.05, 0) is 61.8 Å². The quantitative estimate of drug-likeness (QED) is 0.0335. The van der Waals surface area contributed by atoms with Crippen molar-refractivity contribution in [1.82, 2.24) is 47.4 Å². The summed E-state index contributed by atoms with van der Waals surface area (Å²) >= 11 is 0. The van der Waals surface area contributed by atoms with E-state index in [-0.39, 0.29) is 55.1 Å². The Bertz CT molecular complexity index is 2650. The first kappa shape index (κ1) is 70.2. The first-order chi connectivity index (χ1) is 38.8. The molecule has 0 aliphatic carbocycles. The van der Waals surface area contributed by atoms with Gasteiger partial charge in [0.25, 0.3) is 0 Å². The molecule has 0 spiro atoms. The molecule has 29 heteroatoms. The number of carboxylic acid groups (broad SMARTS) is 2. The summed E-state index contributed by atoms with van der Waals surface area (Å²) in [6.07, 6.45) is -2.42. The second-order valence-electron chi connectivity index (χ2n) is 20.5. The molecule has 0 saturated carbocycles. The zero-order valence-electron chi connectivity index (χ0n) is 47.7. The van der Waals surface area contributed by atoms with Crippen molar-refractivity contribution in [1.29, 1.82) is 0 Å². The van der Waals surface area contributed by atoms with E-state index in [1.165, 1.54) is 56.3 Å². The highest BCUT2D eigenvalue weighted by molar-refractivity contribution is 6.00. The van der Waals surface area contributed by atoms with Gasteiger partial charge in [0.15, 0.2) is 0 Å². The second kappa shape index (κ2) is 33.8. The minimum Gasteiger partial charge on any atom is -0.508 e. The van der Waals surface area contributed by atoms with E-state index in [1.54, 1.807) is 47.6 Å². The average Bonchev–Trinajstić information content (AvgIpc) is 3.47. The van der Waals surface area contributed by atoms with Crippen molar-refractivity contribution in [2.24, 2.45) is 35.0 Å². The average molecular weight is 1170 g/mol. The lowest BCUT2D eigenvalue weighted by atomic mass is 9.96. The summed E-state index contributed by atoms with van der Waals surface area (Å²) in [4.78, 5) is 173. The van der Waals surface area contributed by atoms with Crippen LogP contribution in [0.25, 0.3) is 0 Å². The number of para-hydroxylation sites is 1. The van der Waals surface area contributed by atoms with Crippen LogP contribution in [0.15, 0.2) is 48.5 Å². The van der Waals surface area contributed by atoms with E-state index in [0.717, 1.165) is 4.90 Å². The number of carbonyl (C=O) groups is 13. The smallest absolute Gasteiger partial charge is 0.322 e. The van der Waals surface area contributed by atoms with Gasteiger partial charge in [0.05, 0.1) is 25.4 Å². The molecule has 83 heavy (non-hydrogen) atoms. The second-order valence-corrected chi connectivity index (χ2v) is 20.5. The first-order valence-corrected chi connectivity index (χ1v) is 26.8. The van der Waals surface area contributed by atoms with Crippen LogP contribution >= 0.6 is 0 Å². The molecule has 2 rings (SSSR count). The molecule has 2 aromatic carbocycles. The van der Waals surface area contributed by atoms with E-state index in [2.05, 4.69) is 37.2 Å². The number of hydrogen-bond acceptors (Lipinski definition) is 16. The van der Waals surface area contributed by atoms with E-state index in [1.807, 2.05) is 5.32 Å². The molecule has 458 valence electrons. The number of nitrogens with one attached hydrogen (secondary N) is 8. The van der Waals surface area contributed by atoms with Gasteiger partial charge in [-0.15, -0.1) is 0 Å². The van der Waals surface area contributed by atoms with Crippen LogP contribution in [0.3, 0.4) is 0 Å². The highest BCUT2D eigenvalue weighted by Gasteiger charge is 2.39. The van der Waals surface area contributed by atoms with Crippen LogP contribution in [-0.4, -0.2) is 163 Å². The van der Waals surface area contributed by atoms with Gasteiger partial charge in [0.1, 0.15) is 66.4 Å². The maximum Gasteiger partial charge on any atom is 0.322 e. The highest BCUT2D eigenvalue weighted by Crippen LogP contribution is 2.21. The van der Waals surface area contributed by atoms with Crippen LogP contribution in [0.1, 0.15) is 105 Å². The third-order valence-electron chi connectivity index (χ3n) is 13.6. The number of carbonyl (C=O) groups excluding carboxylic acids is 11. The molecule has 0 unspecified atom stereocenters. The SMILES string of the molecule is CC[C@H](C)[C@H](NC(=O)[C@H](Cc1ccc(O)cc1)NC(=O)[C@H](CC(=O)O)NC(=O)[C@@H](NC(=O)[C@H](C)N(Cc1ccccc1O)C(=O)[C@H](C)NC(=O)[C@H](CCC(N)=O)NC(=O)[C@@H](N)C(C)C)[C@@H](C)CC)C(=O)N[C@@H](CC(N)=O)C(=O)NCC(=O)O. The van der Waals surface area contributed by atoms with Crippen LogP contribution in [0.4, 0.5) is 0 Å². The van der Waals surface area contributed by atoms with Crippen molar-refractivity contribution in [2.75, 3.05) is 6.54 Å². The van der Waals surface area contributed by atoms with E-state index in [9.17, 15) is 77.6 Å². The number of nitrogens with zero attached hydrogens (tertiary/aromatic N) is 1. The molecule has 0 radical (unpaired) electrons. The fraction of sp³-hybridized carbons (Fsp3) is 0.537. The summed E-state index contributed by atoms with van der Waals surface area (Å²) in [5.41, 5.74) is 17.1. The molecule has 0 bridgehead atoms. The fourth-order valence-corrected chi connectivity index (χ4v) is 8.01. The Morgan fingerprint density at radius 3 is 1.53 bits per heavy atom. The number of aromatic hydroxyl groups is 2. The Hall–Kier alpha value is -8.89. The van der Waals surface area contributed by atoms with Gasteiger partial charge >= 0.3 is 11.9 Å². The number of nitrogens with two attached hydrogens (primary N) is 3. The van der Waals surface area contributed by atoms with Gasteiger partial charge in [-0.25, -0.2) is 0 Å². The molecule has 0 fully saturated rings. The predicted molar refractivity (Wildman–Crippen MR) is 296 cm³/mol. The van der Waals surface area contributed by atoms with Gasteiger partial charge in [0.2, 0.25) is 65.0 Å². The van der Waals surface area contributed by atoms with Gasteiger partial charge in [-0.3, -0.25) is 62.3 Å². The number of hydrogen-bond donors (Lipinski definition) is 15. The topological polar surface area (TPSA) is 480 Å². The minimum absolute atomic E-state index is 0.149. The van der Waals surface area contributed by atoms with E-state index in [4.69, 9.17) is 22.3 Å². The lowest BCUT2D eigenvalue weighted by Crippen LogP contribution is -2.62. The molecule has 0 heterocycles. The normalized spacial score (nSPS) is 15.0. The van der Waals surface area contributed by atoms with Crippen LogP contribution < -0.4 is 59.7 Å². The van der Waals surface area contributed by atoms with Crippen LogP contribution in [0, 0.1) is 17.8 Å². The third kappa shape index (κ3) is 23.2. The van der Waals surface area contributed by atoms with E-state index in [0.29, 0.717) is 5.56 Å². The fourth-order valence-electron chi connectivity index (χ4n) is 8.01. The van der Waals surface area contributed by atoms with Crippen LogP contribution in [0.5, 0.6) is 11.5 Å². The highest BCUT2D eigenvalue weighted by atomic mass is 16.4. The predicted octanol–water partition coefficient (Wildman–Crippen LogP) is -2.64. The lowest BCUT2D eigenvalue weighted by Gasteiger charge is -2.33. The summed E-state index contributed by atoms with van der Waals surface area (Å²) in [6.45, 7) is 11.0. The van der Waals surface area contributed by atoms with E-state index < -0.39 is 169 Å². The van der Waals surface area contributed by atoms with E-state index >= 15 is 0 Å². The molecule has 0 saturated heterocycles. The summed E-state index contributed by atoms with van der Waals surface area (Å²) in [6, 6.07) is -2.63. The Balaban J connectivity index is 2.56. The molecule has 18 N–H and O–H groups in total. The van der Waals surface area contributed by atoms with Crippen molar-refractivity contribution in [3.05, 3.63) is 59.7 Å². The number of amides is 11. The molecule has 2 aromatic rings. The molecular formula is C54H80N12O17. The van der Waals surface area contributed by atoms with Crippen molar-refractivity contribution in [2.45, 2.75) is 161 Å². The van der Waals surface area contributed by atoms with Crippen molar-refractivity contribution >= 4 is 76.9 Å². The van der Waals surface area contributed by atoms with Crippen LogP contribution in [0.2, 0.25) is 0 Å². The standard InChI is InChI=1S/C54H80N12O17/c1-9-27(5)44(64-46(75)30(8)66(25-32-13-11-12-14-38(32)68)54(83)29(7)59-48(77)34(19-20-39(55)69)60-51(80)43(57)26(3)4)52(81)63-37(23-41(71)72)49(78)61-35(21-31-15-17-33(67)18-16-31)50(79)65-45(28(6)10-2)53(82)62-36(22-40(56)70)47(76)58-24-42(73)74/h11-18,26-30,34-37,43-45,67-68H,9-10,19-25,57H2,1-8H3,(H2,55,69)(H2,56,70)(H,58,76)(H,59,77)(H,60,80)(H,61,78)(H,62,82)(H,63,81)(H,64,75)(H,65,79)(H,71,72)(H,73,74)/t27-,28-,29-,30-,34-,35-,36-,37-,43-,44-,45-/m0/s1. The largest absolute Gasteiger partial charge is 0.508 e. The minimum atomic E-state index is -1.97. The molecule has 0 aliphatic rings. The zero-order chi connectivity index (χ0) is 63.0. The first-order valence-electron chi connectivity index (χ1n) is 26.8. The maximum atomic E-state index is 14.4. The Kier molecular flexibility index (Phi) is 28.6. The van der Waals surface area contributed by atoms with Crippen LogP contribution in [-0.2, 0) is 75.3 Å². The number of phenolic OH excluding ortho intramolecular Hbond substituents is 2. The summed E-state index contributed by atoms with van der Waals surface area (Å²) in [5.74, 6) is -16.1. The summed E-state index contributed by atoms with van der Waals surface area (Å²) in [7, 11) is 0. The van der Waals surface area contributed by atoms with Crippen molar-refractivity contribution < 1.29 is 82.8 Å². The number of carboxylic acids is 2. The molecule has 0 aliphatic heterocycles. The van der Waals surface area contributed by atoms with Crippen molar-refractivity contribution in [3.8, 4) is 11.5 Å². The Labute approximate surface area is 479 Å². The summed E-state index contributed by atoms with van der Waals surface area (Å²) < 4.78 is 0. The molecular weight excluding hydrogens is 1090 g/mol. The van der Waals surface area contributed by atoms with Gasteiger partial charge in [-0.2, -0.15) is 0 Å². The Morgan fingerprint density at radius 2 is 1.04 bits per heavy atom. The lowest BCUT2D eigenvalue weighted by molar-refractivity contribution is -0.144. The number of rotatable bonds is 35. The molecule has 0 aromatic heterocycles. The van der Waals surface area contributed by atoms with Gasteiger partial charge < -0.3 is 85.1 Å². The molecule has 11 atom stereocenters. The Morgan fingerprint density at radius 1 is 0.542 bits per heavy atom. The van der Waals surface area contributed by atoms with Gasteiger partial charge in [-0.1, -0.05) is 84.7 Å². The molecule has 11 amide bonds. The number of benzene rings is 2. The summed E-state index contributed by atoms with van der Waals surface area (Å²) in [5, 5.41) is 59.0. The number of primary amides is 2. The number of phenols is 2. The monoisotopic (exact) mass is 1170 g/mol.